The lowest BCUT2D eigenvalue weighted by molar-refractivity contribution is 0.987. The van der Waals surface area contributed by atoms with Gasteiger partial charge < -0.3 is 0 Å². The minimum atomic E-state index is 0.968. The molecule has 1 aromatic carbocycles. The fraction of sp³-hybridized carbons (Fsp3) is 0.300. The Labute approximate surface area is 85.5 Å². The lowest BCUT2D eigenvalue weighted by Crippen LogP contribution is -1.80. The van der Waals surface area contributed by atoms with Crippen LogP contribution in [-0.4, -0.2) is 10.2 Å². The monoisotopic (exact) mass is 238 g/mol. The van der Waals surface area contributed by atoms with Gasteiger partial charge in [0.05, 0.1) is 11.2 Å². The second-order valence-electron chi connectivity index (χ2n) is 3.17. The highest BCUT2D eigenvalue weighted by Crippen LogP contribution is 2.24. The number of benzene rings is 1. The summed E-state index contributed by atoms with van der Waals surface area (Å²) in [5.74, 6) is 0. The minimum Gasteiger partial charge on any atom is -0.277 e. The first-order chi connectivity index (χ1) is 6.22. The second kappa shape index (κ2) is 3.14. The van der Waals surface area contributed by atoms with Gasteiger partial charge in [-0.05, 0) is 31.0 Å². The Morgan fingerprint density at radius 3 is 2.92 bits per heavy atom. The Kier molecular flexibility index (Phi) is 2.12. The molecule has 3 heteroatoms. The highest BCUT2D eigenvalue weighted by molar-refractivity contribution is 9.10. The van der Waals surface area contributed by atoms with Gasteiger partial charge in [0.15, 0.2) is 0 Å². The highest BCUT2D eigenvalue weighted by Gasteiger charge is 2.06. The second-order valence-corrected chi connectivity index (χ2v) is 4.08. The molecule has 0 fully saturated rings. The van der Waals surface area contributed by atoms with Crippen LogP contribution in [0.4, 0.5) is 0 Å². The maximum absolute atomic E-state index is 4.27. The zero-order valence-corrected chi connectivity index (χ0v) is 9.27. The van der Waals surface area contributed by atoms with Crippen molar-refractivity contribution in [1.82, 2.24) is 10.2 Å². The average Bonchev–Trinajstić information content (AvgIpc) is 2.47. The van der Waals surface area contributed by atoms with Gasteiger partial charge in [0.2, 0.25) is 0 Å². The van der Waals surface area contributed by atoms with E-state index in [4.69, 9.17) is 0 Å². The predicted octanol–water partition coefficient (Wildman–Crippen LogP) is 3.20. The van der Waals surface area contributed by atoms with Gasteiger partial charge in [0.25, 0.3) is 0 Å². The molecule has 2 nitrogen and oxygen atoms in total. The molecule has 0 bridgehead atoms. The molecule has 0 aliphatic carbocycles. The van der Waals surface area contributed by atoms with Crippen molar-refractivity contribution in [1.29, 1.82) is 0 Å². The van der Waals surface area contributed by atoms with Crippen molar-refractivity contribution in [3.05, 3.63) is 27.9 Å². The highest BCUT2D eigenvalue weighted by atomic mass is 79.9. The third-order valence-corrected chi connectivity index (χ3v) is 2.71. The predicted molar refractivity (Wildman–Crippen MR) is 57.9 cm³/mol. The third-order valence-electron chi connectivity index (χ3n) is 2.25. The van der Waals surface area contributed by atoms with E-state index in [2.05, 4.69) is 52.1 Å². The molecule has 0 spiro atoms. The number of halogens is 1. The Morgan fingerprint density at radius 2 is 2.23 bits per heavy atom. The summed E-state index contributed by atoms with van der Waals surface area (Å²) in [6.07, 6.45) is 0.968. The number of H-pyrrole nitrogens is 1. The molecule has 0 aliphatic heterocycles. The zero-order chi connectivity index (χ0) is 9.42. The van der Waals surface area contributed by atoms with Gasteiger partial charge in [0.1, 0.15) is 0 Å². The summed E-state index contributed by atoms with van der Waals surface area (Å²) in [5, 5.41) is 8.56. The number of nitrogens with one attached hydrogen (secondary N) is 1. The van der Waals surface area contributed by atoms with Crippen molar-refractivity contribution >= 4 is 26.8 Å². The maximum atomic E-state index is 4.27. The summed E-state index contributed by atoms with van der Waals surface area (Å²) in [6.45, 7) is 4.20. The third kappa shape index (κ3) is 1.37. The van der Waals surface area contributed by atoms with Crippen LogP contribution in [0, 0.1) is 6.92 Å². The van der Waals surface area contributed by atoms with Crippen molar-refractivity contribution in [2.75, 3.05) is 0 Å². The number of aromatic nitrogens is 2. The average molecular weight is 239 g/mol. The fourth-order valence-corrected chi connectivity index (χ4v) is 2.14. The number of aromatic amines is 1. The van der Waals surface area contributed by atoms with Gasteiger partial charge in [-0.25, -0.2) is 0 Å². The maximum Gasteiger partial charge on any atom is 0.0698 e. The number of hydrogen-bond donors (Lipinski definition) is 1. The summed E-state index contributed by atoms with van der Waals surface area (Å²) in [5.41, 5.74) is 3.52. The summed E-state index contributed by atoms with van der Waals surface area (Å²) in [6, 6.07) is 4.21. The van der Waals surface area contributed by atoms with Crippen LogP contribution < -0.4 is 0 Å². The van der Waals surface area contributed by atoms with Crippen LogP contribution in [0.15, 0.2) is 16.6 Å². The largest absolute Gasteiger partial charge is 0.277 e. The quantitative estimate of drug-likeness (QED) is 0.813. The Hall–Kier alpha value is -0.830. The molecule has 1 heterocycles. The molecule has 0 unspecified atom stereocenters. The molecule has 1 N–H and O–H groups in total. The lowest BCUT2D eigenvalue weighted by Gasteiger charge is -1.97. The van der Waals surface area contributed by atoms with Crippen molar-refractivity contribution in [3.63, 3.8) is 0 Å². The molecule has 1 aromatic heterocycles. The van der Waals surface area contributed by atoms with E-state index in [0.717, 1.165) is 22.1 Å². The molecule has 2 aromatic rings. The number of hydrogen-bond acceptors (Lipinski definition) is 1. The van der Waals surface area contributed by atoms with Crippen molar-refractivity contribution in [2.24, 2.45) is 0 Å². The summed E-state index contributed by atoms with van der Waals surface area (Å²) in [7, 11) is 0. The van der Waals surface area contributed by atoms with Crippen molar-refractivity contribution in [2.45, 2.75) is 20.3 Å². The van der Waals surface area contributed by atoms with E-state index in [9.17, 15) is 0 Å². The Morgan fingerprint density at radius 1 is 1.46 bits per heavy atom. The molecule has 0 aliphatic rings. The van der Waals surface area contributed by atoms with Gasteiger partial charge in [-0.15, -0.1) is 0 Å². The van der Waals surface area contributed by atoms with Crippen LogP contribution in [0.2, 0.25) is 0 Å². The first kappa shape index (κ1) is 8.75. The van der Waals surface area contributed by atoms with E-state index in [-0.39, 0.29) is 0 Å². The normalized spacial score (nSPS) is 11.0. The Bertz CT molecular complexity index is 445. The van der Waals surface area contributed by atoms with E-state index < -0.39 is 0 Å². The van der Waals surface area contributed by atoms with Gasteiger partial charge in [-0.2, -0.15) is 5.10 Å². The fourth-order valence-electron chi connectivity index (χ4n) is 1.57. The summed E-state index contributed by atoms with van der Waals surface area (Å²) < 4.78 is 1.12. The van der Waals surface area contributed by atoms with E-state index >= 15 is 0 Å². The number of nitrogens with zero attached hydrogens (tertiary/aromatic N) is 1. The molecule has 0 radical (unpaired) electrons. The van der Waals surface area contributed by atoms with Crippen LogP contribution in [-0.2, 0) is 6.42 Å². The number of rotatable bonds is 1. The Balaban J connectivity index is 2.82. The topological polar surface area (TPSA) is 28.7 Å². The molecule has 0 atom stereocenters. The van der Waals surface area contributed by atoms with Crippen LogP contribution in [0.25, 0.3) is 10.9 Å². The van der Waals surface area contributed by atoms with Gasteiger partial charge >= 0.3 is 0 Å². The number of aryl methyl sites for hydroxylation is 2. The summed E-state index contributed by atoms with van der Waals surface area (Å²) in [4.78, 5) is 0. The van der Waals surface area contributed by atoms with Crippen molar-refractivity contribution in [3.8, 4) is 0 Å². The number of fused-ring (bicyclic) bond motifs is 1. The molecule has 0 saturated heterocycles. The van der Waals surface area contributed by atoms with Gasteiger partial charge in [-0.3, -0.25) is 5.10 Å². The zero-order valence-electron chi connectivity index (χ0n) is 7.69. The smallest absolute Gasteiger partial charge is 0.0698 e. The molecule has 2 rings (SSSR count). The van der Waals surface area contributed by atoms with E-state index in [1.807, 2.05) is 0 Å². The van der Waals surface area contributed by atoms with Crippen LogP contribution >= 0.6 is 15.9 Å². The summed E-state index contributed by atoms with van der Waals surface area (Å²) >= 11 is 3.49. The van der Waals surface area contributed by atoms with Crippen LogP contribution in [0.1, 0.15) is 18.2 Å². The molecule has 0 amide bonds. The first-order valence-electron chi connectivity index (χ1n) is 4.35. The van der Waals surface area contributed by atoms with Crippen molar-refractivity contribution < 1.29 is 0 Å². The lowest BCUT2D eigenvalue weighted by atomic mass is 10.1. The molecule has 0 saturated carbocycles. The first-order valence-corrected chi connectivity index (χ1v) is 5.14. The van der Waals surface area contributed by atoms with E-state index in [1.54, 1.807) is 0 Å². The molecular formula is C10H11BrN2. The van der Waals surface area contributed by atoms with E-state index in [1.165, 1.54) is 10.9 Å². The van der Waals surface area contributed by atoms with Crippen LogP contribution in [0.5, 0.6) is 0 Å². The molecule has 68 valence electrons. The van der Waals surface area contributed by atoms with Gasteiger partial charge in [-0.1, -0.05) is 22.9 Å². The minimum absolute atomic E-state index is 0.968. The van der Waals surface area contributed by atoms with Gasteiger partial charge in [0, 0.05) is 9.86 Å². The molecule has 13 heavy (non-hydrogen) atoms. The standard InChI is InChI=1S/C10H11BrN2/c1-3-9-8-5-7(11)4-6(2)10(8)13-12-9/h4-5H,3H2,1-2H3,(H,12,13). The molecular weight excluding hydrogens is 228 g/mol. The SMILES string of the molecule is CCc1n[nH]c2c(C)cc(Br)cc12. The van der Waals surface area contributed by atoms with Crippen LogP contribution in [0.3, 0.4) is 0 Å². The van der Waals surface area contributed by atoms with E-state index in [0.29, 0.717) is 0 Å².